The van der Waals surface area contributed by atoms with Gasteiger partial charge in [0.15, 0.2) is 0 Å². The summed E-state index contributed by atoms with van der Waals surface area (Å²) < 4.78 is 66.4. The van der Waals surface area contributed by atoms with Gasteiger partial charge in [-0.3, -0.25) is 0 Å². The molecule has 0 spiro atoms. The van der Waals surface area contributed by atoms with Gasteiger partial charge >= 0.3 is 0 Å². The first kappa shape index (κ1) is 57.0. The number of aromatic hydroxyl groups is 1. The van der Waals surface area contributed by atoms with Gasteiger partial charge in [0.25, 0.3) is 0 Å². The smallest absolute Gasteiger partial charge is 0.148 e. The number of halogens is 10. The maximum Gasteiger partial charge on any atom is 0.148 e. The molecule has 5 aromatic carbocycles. The molecule has 0 bridgehead atoms. The SMILES string of the molecule is CC(C)(C)c1cc(Cl)ccc1F.CC(C)(C)c1ccc(F)c(Cl)c1F.CC(C)(C)c1ccc(O)c(Cl)c1.CC(C)(C)c1cccc(Cl)c1F.Cc1ccc(C(C)(C)C)c(F)c1Cl. The van der Waals surface area contributed by atoms with Gasteiger partial charge in [0, 0.05) is 5.02 Å². The summed E-state index contributed by atoms with van der Waals surface area (Å²) in [7, 11) is 0. The molecular formula is C51H62Cl5F5O. The van der Waals surface area contributed by atoms with E-state index >= 15 is 0 Å². The Bertz CT molecular complexity index is 2180. The Balaban J connectivity index is 0.000000388. The molecule has 0 aliphatic carbocycles. The minimum Gasteiger partial charge on any atom is -0.506 e. The van der Waals surface area contributed by atoms with Crippen molar-refractivity contribution in [1.29, 1.82) is 0 Å². The fourth-order valence-corrected chi connectivity index (χ4v) is 6.32. The summed E-state index contributed by atoms with van der Waals surface area (Å²) in [5.74, 6) is -2.00. The average Bonchev–Trinajstić information content (AvgIpc) is 3.11. The lowest BCUT2D eigenvalue weighted by Gasteiger charge is -2.20. The third-order valence-corrected chi connectivity index (χ3v) is 10.9. The minimum atomic E-state index is -0.716. The summed E-state index contributed by atoms with van der Waals surface area (Å²) in [5.41, 5.74) is 3.49. The van der Waals surface area contributed by atoms with Crippen molar-refractivity contribution in [2.24, 2.45) is 0 Å². The lowest BCUT2D eigenvalue weighted by Crippen LogP contribution is -2.14. The van der Waals surface area contributed by atoms with Gasteiger partial charge in [0.1, 0.15) is 39.9 Å². The minimum absolute atomic E-state index is 0.0807. The average molecular weight is 963 g/mol. The number of benzene rings is 5. The summed E-state index contributed by atoms with van der Waals surface area (Å²) in [4.78, 5) is 0. The fourth-order valence-electron chi connectivity index (χ4n) is 5.46. The van der Waals surface area contributed by atoms with E-state index in [1.54, 1.807) is 55.5 Å². The Kier molecular flexibility index (Phi) is 20.9. The number of rotatable bonds is 0. The fraction of sp³-hybridized carbons (Fsp3) is 0.412. The highest BCUT2D eigenvalue weighted by Gasteiger charge is 2.23. The van der Waals surface area contributed by atoms with Crippen LogP contribution in [0.5, 0.6) is 5.75 Å². The molecule has 0 aliphatic rings. The Morgan fingerprint density at radius 3 is 1.26 bits per heavy atom. The van der Waals surface area contributed by atoms with Crippen molar-refractivity contribution >= 4 is 58.0 Å². The van der Waals surface area contributed by atoms with Crippen LogP contribution in [0.2, 0.25) is 25.1 Å². The van der Waals surface area contributed by atoms with Crippen LogP contribution in [0, 0.1) is 36.0 Å². The molecule has 0 radical (unpaired) electrons. The standard InChI is InChI=1S/C11H14ClF.C10H11ClF2.2C10H12ClF.C10H13ClO/c1-7-5-6-8(11(2,3)4)10(13)9(7)12;1-10(2,3)6-4-5-7(12)8(11)9(6)13;1-10(2,3)8-6-7(11)4-5-9(8)12;1-10(2,3)7-5-4-6-8(11)9(7)12;1-10(2,3)7-4-5-9(12)8(11)6-7/h5-6H,1-4H3;4-5H,1-3H3;2*4-6H,1-3H3;4-6,12H,1-3H3. The molecule has 1 N–H and O–H groups in total. The molecule has 0 atom stereocenters. The number of phenols is 1. The molecule has 0 fully saturated rings. The van der Waals surface area contributed by atoms with E-state index in [4.69, 9.17) is 58.0 Å². The molecular weight excluding hydrogens is 901 g/mol. The normalized spacial score (nSPS) is 11.8. The monoisotopic (exact) mass is 960 g/mol. The molecule has 0 saturated heterocycles. The van der Waals surface area contributed by atoms with Crippen LogP contribution in [-0.4, -0.2) is 5.11 Å². The molecule has 11 heteroatoms. The van der Waals surface area contributed by atoms with Crippen molar-refractivity contribution in [2.75, 3.05) is 0 Å². The quantitative estimate of drug-likeness (QED) is 0.121. The van der Waals surface area contributed by atoms with Crippen LogP contribution in [-0.2, 0) is 27.1 Å². The van der Waals surface area contributed by atoms with E-state index in [0.717, 1.165) is 11.1 Å². The second-order valence-electron chi connectivity index (χ2n) is 19.9. The van der Waals surface area contributed by atoms with Crippen molar-refractivity contribution in [3.05, 3.63) is 166 Å². The summed E-state index contributed by atoms with van der Waals surface area (Å²) in [6.07, 6.45) is 0. The summed E-state index contributed by atoms with van der Waals surface area (Å²) in [6, 6.07) is 21.3. The van der Waals surface area contributed by atoms with E-state index in [-0.39, 0.29) is 60.3 Å². The van der Waals surface area contributed by atoms with Gasteiger partial charge < -0.3 is 5.11 Å². The van der Waals surface area contributed by atoms with Crippen LogP contribution in [0.3, 0.4) is 0 Å². The van der Waals surface area contributed by atoms with Gasteiger partial charge in [-0.2, -0.15) is 0 Å². The Morgan fingerprint density at radius 1 is 0.403 bits per heavy atom. The number of phenolic OH excluding ortho intramolecular Hbond substituents is 1. The number of hydrogen-bond acceptors (Lipinski definition) is 1. The Labute approximate surface area is 392 Å². The zero-order chi connectivity index (χ0) is 48.5. The van der Waals surface area contributed by atoms with E-state index in [1.165, 1.54) is 18.2 Å². The molecule has 342 valence electrons. The predicted molar refractivity (Wildman–Crippen MR) is 257 cm³/mol. The molecule has 62 heavy (non-hydrogen) atoms. The highest BCUT2D eigenvalue weighted by molar-refractivity contribution is 6.32. The van der Waals surface area contributed by atoms with E-state index in [0.29, 0.717) is 32.3 Å². The Morgan fingerprint density at radius 2 is 0.839 bits per heavy atom. The van der Waals surface area contributed by atoms with Gasteiger partial charge in [-0.1, -0.05) is 198 Å². The first-order valence-corrected chi connectivity index (χ1v) is 21.8. The molecule has 0 unspecified atom stereocenters. The molecule has 0 amide bonds. The van der Waals surface area contributed by atoms with Gasteiger partial charge in [0.2, 0.25) is 0 Å². The second kappa shape index (κ2) is 22.8. The van der Waals surface area contributed by atoms with Gasteiger partial charge in [-0.15, -0.1) is 0 Å². The third kappa shape index (κ3) is 17.5. The van der Waals surface area contributed by atoms with Crippen molar-refractivity contribution < 1.29 is 27.1 Å². The lowest BCUT2D eigenvalue weighted by atomic mass is 9.86. The van der Waals surface area contributed by atoms with Crippen molar-refractivity contribution in [3.8, 4) is 5.75 Å². The van der Waals surface area contributed by atoms with E-state index in [2.05, 4.69) is 20.8 Å². The maximum absolute atomic E-state index is 13.6. The second-order valence-corrected chi connectivity index (χ2v) is 21.9. The number of hydrogen-bond donors (Lipinski definition) is 1. The van der Waals surface area contributed by atoms with Crippen molar-refractivity contribution in [1.82, 2.24) is 0 Å². The first-order valence-electron chi connectivity index (χ1n) is 19.9. The van der Waals surface area contributed by atoms with Gasteiger partial charge in [-0.05, 0) is 110 Å². The van der Waals surface area contributed by atoms with Crippen LogP contribution in [0.25, 0.3) is 0 Å². The van der Waals surface area contributed by atoms with Crippen molar-refractivity contribution in [3.63, 3.8) is 0 Å². The summed E-state index contributed by atoms with van der Waals surface area (Å²) >= 11 is 28.4. The lowest BCUT2D eigenvalue weighted by molar-refractivity contribution is 0.474. The van der Waals surface area contributed by atoms with Crippen LogP contribution in [0.15, 0.2) is 78.9 Å². The zero-order valence-corrected chi connectivity index (χ0v) is 42.5. The molecule has 0 heterocycles. The van der Waals surface area contributed by atoms with E-state index < -0.39 is 16.7 Å². The highest BCUT2D eigenvalue weighted by Crippen LogP contribution is 2.34. The van der Waals surface area contributed by atoms with Crippen LogP contribution in [0.1, 0.15) is 137 Å². The molecule has 0 aliphatic heterocycles. The summed E-state index contributed by atoms with van der Waals surface area (Å²) in [5, 5.41) is 10.2. The maximum atomic E-state index is 13.6. The largest absolute Gasteiger partial charge is 0.506 e. The first-order chi connectivity index (χ1) is 27.9. The van der Waals surface area contributed by atoms with Gasteiger partial charge in [0.05, 0.1) is 15.1 Å². The van der Waals surface area contributed by atoms with Crippen LogP contribution in [0.4, 0.5) is 22.0 Å². The summed E-state index contributed by atoms with van der Waals surface area (Å²) in [6.45, 7) is 31.3. The molecule has 5 rings (SSSR count). The third-order valence-electron chi connectivity index (χ3n) is 9.24. The predicted octanol–water partition coefficient (Wildman–Crippen LogP) is 18.9. The Hall–Kier alpha value is -3.00. The number of aryl methyl sites for hydroxylation is 1. The topological polar surface area (TPSA) is 20.2 Å². The molecule has 1 nitrogen and oxygen atoms in total. The molecule has 0 saturated carbocycles. The highest BCUT2D eigenvalue weighted by atomic mass is 35.5. The molecule has 5 aromatic rings. The van der Waals surface area contributed by atoms with Gasteiger partial charge in [-0.25, -0.2) is 22.0 Å². The molecule has 0 aromatic heterocycles. The van der Waals surface area contributed by atoms with E-state index in [1.807, 2.05) is 95.2 Å². The van der Waals surface area contributed by atoms with E-state index in [9.17, 15) is 27.1 Å². The van der Waals surface area contributed by atoms with Crippen molar-refractivity contribution in [2.45, 2.75) is 138 Å². The van der Waals surface area contributed by atoms with Crippen LogP contribution >= 0.6 is 58.0 Å². The van der Waals surface area contributed by atoms with Crippen LogP contribution < -0.4 is 0 Å². The zero-order valence-electron chi connectivity index (χ0n) is 38.7.